The first-order valence-electron chi connectivity index (χ1n) is 13.5. The number of nitrogens with one attached hydrogen (secondary N) is 1. The van der Waals surface area contributed by atoms with Gasteiger partial charge in [-0.2, -0.15) is 0 Å². The highest BCUT2D eigenvalue weighted by molar-refractivity contribution is 7.92. The van der Waals surface area contributed by atoms with E-state index in [2.05, 4.69) is 5.32 Å². The van der Waals surface area contributed by atoms with Crippen molar-refractivity contribution < 1.29 is 18.0 Å². The van der Waals surface area contributed by atoms with Gasteiger partial charge in [0, 0.05) is 32.0 Å². The van der Waals surface area contributed by atoms with E-state index < -0.39 is 16.1 Å². The van der Waals surface area contributed by atoms with Crippen LogP contribution in [0.15, 0.2) is 72.8 Å². The molecule has 1 atom stereocenters. The first kappa shape index (κ1) is 32.4. The van der Waals surface area contributed by atoms with Crippen molar-refractivity contribution in [1.29, 1.82) is 0 Å². The van der Waals surface area contributed by atoms with Gasteiger partial charge in [-0.1, -0.05) is 77.3 Å². The quantitative estimate of drug-likeness (QED) is 0.254. The van der Waals surface area contributed by atoms with E-state index in [1.165, 1.54) is 4.31 Å². The minimum Gasteiger partial charge on any atom is -0.352 e. The standard InChI is InChI=1S/C31H37Cl2N3O4S/c1-22(2)34-31(38)29(20-24-9-6-5-7-10-24)35(21-25-14-17-27(32)28(33)19-25)30(37)11-8-18-36(41(4,39)40)26-15-12-23(3)13-16-26/h5-7,9-10,12-17,19,22,29H,8,11,18,20-21H2,1-4H3,(H,34,38)/t29-/m1/s1. The van der Waals surface area contributed by atoms with Crippen LogP contribution in [0.3, 0.4) is 0 Å². The van der Waals surface area contributed by atoms with Crippen LogP contribution in [0.2, 0.25) is 10.0 Å². The van der Waals surface area contributed by atoms with Crippen molar-refractivity contribution in [3.8, 4) is 0 Å². The molecule has 0 unspecified atom stereocenters. The van der Waals surface area contributed by atoms with Crippen molar-refractivity contribution in [3.05, 3.63) is 99.5 Å². The van der Waals surface area contributed by atoms with E-state index in [1.54, 1.807) is 35.2 Å². The molecule has 1 N–H and O–H groups in total. The third-order valence-corrected chi connectivity index (χ3v) is 8.45. The van der Waals surface area contributed by atoms with Crippen LogP contribution in [0.5, 0.6) is 0 Å². The Morgan fingerprint density at radius 2 is 1.56 bits per heavy atom. The fraction of sp³-hybridized carbons (Fsp3) is 0.355. The SMILES string of the molecule is Cc1ccc(N(CCCC(=O)N(Cc2ccc(Cl)c(Cl)c2)[C@H](Cc2ccccc2)C(=O)NC(C)C)S(C)(=O)=O)cc1. The second-order valence-electron chi connectivity index (χ2n) is 10.4. The zero-order valence-electron chi connectivity index (χ0n) is 23.8. The van der Waals surface area contributed by atoms with Crippen molar-refractivity contribution in [1.82, 2.24) is 10.2 Å². The molecule has 41 heavy (non-hydrogen) atoms. The second-order valence-corrected chi connectivity index (χ2v) is 13.1. The van der Waals surface area contributed by atoms with E-state index in [1.807, 2.05) is 63.2 Å². The maximum Gasteiger partial charge on any atom is 0.243 e. The molecular formula is C31H37Cl2N3O4S. The molecule has 0 saturated heterocycles. The number of benzene rings is 3. The Hall–Kier alpha value is -3.07. The van der Waals surface area contributed by atoms with E-state index in [0.29, 0.717) is 22.2 Å². The Kier molecular flexibility index (Phi) is 11.6. The van der Waals surface area contributed by atoms with Crippen LogP contribution >= 0.6 is 23.2 Å². The van der Waals surface area contributed by atoms with Gasteiger partial charge in [0.25, 0.3) is 0 Å². The second kappa shape index (κ2) is 14.7. The number of nitrogens with zero attached hydrogens (tertiary/aromatic N) is 2. The zero-order valence-corrected chi connectivity index (χ0v) is 26.1. The molecule has 0 fully saturated rings. The summed E-state index contributed by atoms with van der Waals surface area (Å²) >= 11 is 12.4. The van der Waals surface area contributed by atoms with Gasteiger partial charge in [-0.25, -0.2) is 8.42 Å². The van der Waals surface area contributed by atoms with Gasteiger partial charge in [0.05, 0.1) is 22.0 Å². The first-order chi connectivity index (χ1) is 19.3. The highest BCUT2D eigenvalue weighted by Gasteiger charge is 2.31. The largest absolute Gasteiger partial charge is 0.352 e. The summed E-state index contributed by atoms with van der Waals surface area (Å²) in [7, 11) is -3.57. The summed E-state index contributed by atoms with van der Waals surface area (Å²) in [4.78, 5) is 28.9. The summed E-state index contributed by atoms with van der Waals surface area (Å²) in [6, 6.07) is 20.9. The van der Waals surface area contributed by atoms with Crippen LogP contribution in [-0.4, -0.2) is 50.0 Å². The monoisotopic (exact) mass is 617 g/mol. The number of carbonyl (C=O) groups excluding carboxylic acids is 2. The minimum absolute atomic E-state index is 0.0411. The molecule has 3 aromatic carbocycles. The molecule has 0 aliphatic carbocycles. The smallest absolute Gasteiger partial charge is 0.243 e. The van der Waals surface area contributed by atoms with Crippen LogP contribution in [0, 0.1) is 6.92 Å². The van der Waals surface area contributed by atoms with Crippen LogP contribution < -0.4 is 9.62 Å². The zero-order chi connectivity index (χ0) is 30.2. The Labute approximate surface area is 253 Å². The van der Waals surface area contributed by atoms with E-state index in [4.69, 9.17) is 23.2 Å². The third kappa shape index (κ3) is 9.76. The van der Waals surface area contributed by atoms with Gasteiger partial charge >= 0.3 is 0 Å². The molecule has 0 radical (unpaired) electrons. The third-order valence-electron chi connectivity index (χ3n) is 6.51. The molecule has 0 saturated carbocycles. The minimum atomic E-state index is -3.57. The number of aryl methyl sites for hydroxylation is 1. The average molecular weight is 619 g/mol. The van der Waals surface area contributed by atoms with Gasteiger partial charge in [-0.15, -0.1) is 0 Å². The lowest BCUT2D eigenvalue weighted by Crippen LogP contribution is -2.51. The van der Waals surface area contributed by atoms with Crippen LogP contribution in [0.25, 0.3) is 0 Å². The maximum absolute atomic E-state index is 13.9. The van der Waals surface area contributed by atoms with E-state index in [9.17, 15) is 18.0 Å². The number of amides is 2. The lowest BCUT2D eigenvalue weighted by atomic mass is 10.0. The Balaban J connectivity index is 1.90. The fourth-order valence-electron chi connectivity index (χ4n) is 4.48. The number of carbonyl (C=O) groups is 2. The van der Waals surface area contributed by atoms with Crippen molar-refractivity contribution >= 4 is 50.7 Å². The van der Waals surface area contributed by atoms with E-state index >= 15 is 0 Å². The number of hydrogen-bond acceptors (Lipinski definition) is 4. The molecule has 220 valence electrons. The van der Waals surface area contributed by atoms with Gasteiger partial charge < -0.3 is 10.2 Å². The summed E-state index contributed by atoms with van der Waals surface area (Å²) in [5.41, 5.74) is 3.18. The summed E-state index contributed by atoms with van der Waals surface area (Å²) in [5, 5.41) is 3.70. The highest BCUT2D eigenvalue weighted by atomic mass is 35.5. The summed E-state index contributed by atoms with van der Waals surface area (Å²) in [6.45, 7) is 5.92. The number of hydrogen-bond donors (Lipinski definition) is 1. The molecule has 2 amide bonds. The van der Waals surface area contributed by atoms with E-state index in [0.717, 1.165) is 22.9 Å². The molecule has 0 bridgehead atoms. The van der Waals surface area contributed by atoms with Crippen LogP contribution in [0.1, 0.15) is 43.4 Å². The predicted molar refractivity (Wildman–Crippen MR) is 167 cm³/mol. The lowest BCUT2D eigenvalue weighted by molar-refractivity contribution is -0.141. The number of rotatable bonds is 13. The average Bonchev–Trinajstić information content (AvgIpc) is 2.90. The van der Waals surface area contributed by atoms with Crippen LogP contribution in [0.4, 0.5) is 5.69 Å². The van der Waals surface area contributed by atoms with Crippen molar-refractivity contribution in [2.75, 3.05) is 17.1 Å². The molecular weight excluding hydrogens is 581 g/mol. The first-order valence-corrected chi connectivity index (χ1v) is 16.1. The summed E-state index contributed by atoms with van der Waals surface area (Å²) in [5.74, 6) is -0.539. The predicted octanol–water partition coefficient (Wildman–Crippen LogP) is 6.01. The molecule has 3 rings (SSSR count). The van der Waals surface area contributed by atoms with Gasteiger partial charge in [0.2, 0.25) is 21.8 Å². The van der Waals surface area contributed by atoms with Crippen molar-refractivity contribution in [2.24, 2.45) is 0 Å². The summed E-state index contributed by atoms with van der Waals surface area (Å²) in [6.07, 6.45) is 1.77. The Morgan fingerprint density at radius 1 is 0.902 bits per heavy atom. The Bertz CT molecular complexity index is 1430. The molecule has 0 aromatic heterocycles. The normalized spacial score (nSPS) is 12.2. The van der Waals surface area contributed by atoms with Gasteiger partial charge in [-0.3, -0.25) is 13.9 Å². The van der Waals surface area contributed by atoms with Gasteiger partial charge in [0.1, 0.15) is 6.04 Å². The van der Waals surface area contributed by atoms with Crippen molar-refractivity contribution in [2.45, 2.75) is 58.7 Å². The molecule has 7 nitrogen and oxygen atoms in total. The van der Waals surface area contributed by atoms with E-state index in [-0.39, 0.29) is 43.8 Å². The van der Waals surface area contributed by atoms with Gasteiger partial charge in [0.15, 0.2) is 0 Å². The molecule has 3 aromatic rings. The Morgan fingerprint density at radius 3 is 2.15 bits per heavy atom. The molecule has 0 aliphatic rings. The molecule has 0 spiro atoms. The van der Waals surface area contributed by atoms with Crippen LogP contribution in [-0.2, 0) is 32.6 Å². The van der Waals surface area contributed by atoms with Gasteiger partial charge in [-0.05, 0) is 62.6 Å². The number of anilines is 1. The molecule has 10 heteroatoms. The molecule has 0 aliphatic heterocycles. The fourth-order valence-corrected chi connectivity index (χ4v) is 5.77. The number of sulfonamides is 1. The lowest BCUT2D eigenvalue weighted by Gasteiger charge is -2.32. The topological polar surface area (TPSA) is 86.8 Å². The number of halogens is 2. The van der Waals surface area contributed by atoms with Crippen molar-refractivity contribution in [3.63, 3.8) is 0 Å². The summed E-state index contributed by atoms with van der Waals surface area (Å²) < 4.78 is 26.5. The molecule has 0 heterocycles. The maximum atomic E-state index is 13.9. The highest BCUT2D eigenvalue weighted by Crippen LogP contribution is 2.25.